The number of halogens is 2. The van der Waals surface area contributed by atoms with E-state index in [1.165, 1.54) is 25.3 Å². The van der Waals surface area contributed by atoms with Crippen molar-refractivity contribution in [2.45, 2.75) is 38.8 Å². The fourth-order valence-electron chi connectivity index (χ4n) is 2.46. The van der Waals surface area contributed by atoms with Gasteiger partial charge < -0.3 is 0 Å². The zero-order chi connectivity index (χ0) is 11.5. The van der Waals surface area contributed by atoms with Crippen LogP contribution in [-0.2, 0) is 6.54 Å². The van der Waals surface area contributed by atoms with Crippen LogP contribution in [0, 0.1) is 5.82 Å². The Kier molecular flexibility index (Phi) is 3.98. The maximum atomic E-state index is 13.4. The lowest BCUT2D eigenvalue weighted by atomic mass is 10.1. The van der Waals surface area contributed by atoms with E-state index in [1.807, 2.05) is 6.07 Å². The average molecular weight is 286 g/mol. The maximum Gasteiger partial charge on any atom is 0.137 e. The minimum atomic E-state index is -0.162. The van der Waals surface area contributed by atoms with Crippen molar-refractivity contribution in [2.24, 2.45) is 0 Å². The zero-order valence-corrected chi connectivity index (χ0v) is 11.1. The Morgan fingerprint density at radius 3 is 3.06 bits per heavy atom. The van der Waals surface area contributed by atoms with Crippen molar-refractivity contribution >= 4 is 15.9 Å². The lowest BCUT2D eigenvalue weighted by molar-refractivity contribution is 0.239. The van der Waals surface area contributed by atoms with Crippen molar-refractivity contribution in [3.63, 3.8) is 0 Å². The molecule has 88 valence electrons. The predicted octanol–water partition coefficient (Wildman–Crippen LogP) is 3.96. The molecule has 1 aromatic carbocycles. The minimum absolute atomic E-state index is 0.162. The van der Waals surface area contributed by atoms with Gasteiger partial charge in [-0.2, -0.15) is 0 Å². The molecule has 1 saturated heterocycles. The first kappa shape index (κ1) is 12.1. The van der Waals surface area contributed by atoms with Crippen LogP contribution in [0.1, 0.15) is 31.7 Å². The molecule has 0 aliphatic carbocycles. The van der Waals surface area contributed by atoms with Gasteiger partial charge >= 0.3 is 0 Å². The molecule has 0 N–H and O–H groups in total. The van der Waals surface area contributed by atoms with Crippen LogP contribution < -0.4 is 0 Å². The van der Waals surface area contributed by atoms with E-state index < -0.39 is 0 Å². The molecule has 16 heavy (non-hydrogen) atoms. The second kappa shape index (κ2) is 5.28. The summed E-state index contributed by atoms with van der Waals surface area (Å²) >= 11 is 3.33. The summed E-state index contributed by atoms with van der Waals surface area (Å²) in [4.78, 5) is 2.46. The van der Waals surface area contributed by atoms with Crippen LogP contribution >= 0.6 is 15.9 Å². The summed E-state index contributed by atoms with van der Waals surface area (Å²) in [5, 5.41) is 0. The fraction of sp³-hybridized carbons (Fsp3) is 0.538. The molecule has 0 amide bonds. The smallest absolute Gasteiger partial charge is 0.137 e. The van der Waals surface area contributed by atoms with E-state index in [1.54, 1.807) is 6.07 Å². The Morgan fingerprint density at radius 2 is 2.31 bits per heavy atom. The third-order valence-electron chi connectivity index (χ3n) is 3.38. The molecular weight excluding hydrogens is 269 g/mol. The van der Waals surface area contributed by atoms with Crippen LogP contribution in [0.4, 0.5) is 4.39 Å². The van der Waals surface area contributed by atoms with Crippen LogP contribution in [0.15, 0.2) is 22.7 Å². The highest BCUT2D eigenvalue weighted by atomic mass is 79.9. The van der Waals surface area contributed by atoms with E-state index in [4.69, 9.17) is 0 Å². The number of hydrogen-bond acceptors (Lipinski definition) is 1. The molecule has 1 nitrogen and oxygen atoms in total. The molecule has 0 aromatic heterocycles. The highest BCUT2D eigenvalue weighted by Crippen LogP contribution is 2.26. The predicted molar refractivity (Wildman–Crippen MR) is 67.8 cm³/mol. The molecule has 1 aliphatic heterocycles. The van der Waals surface area contributed by atoms with Gasteiger partial charge in [-0.25, -0.2) is 4.39 Å². The van der Waals surface area contributed by atoms with Crippen molar-refractivity contribution in [1.82, 2.24) is 4.90 Å². The maximum absolute atomic E-state index is 13.4. The van der Waals surface area contributed by atoms with E-state index in [-0.39, 0.29) is 5.82 Å². The van der Waals surface area contributed by atoms with Crippen molar-refractivity contribution in [1.29, 1.82) is 0 Å². The van der Waals surface area contributed by atoms with E-state index in [0.29, 0.717) is 10.5 Å². The molecule has 1 aromatic rings. The highest BCUT2D eigenvalue weighted by Gasteiger charge is 2.23. The third kappa shape index (κ3) is 2.46. The van der Waals surface area contributed by atoms with Gasteiger partial charge in [-0.05, 0) is 53.4 Å². The quantitative estimate of drug-likeness (QED) is 0.813. The Balaban J connectivity index is 2.11. The van der Waals surface area contributed by atoms with Crippen LogP contribution in [-0.4, -0.2) is 17.5 Å². The lowest BCUT2D eigenvalue weighted by Crippen LogP contribution is -2.28. The summed E-state index contributed by atoms with van der Waals surface area (Å²) in [5.74, 6) is -0.162. The molecule has 0 spiro atoms. The first-order valence-corrected chi connectivity index (χ1v) is 6.68. The molecule has 1 aliphatic rings. The molecule has 1 atom stereocenters. The summed E-state index contributed by atoms with van der Waals surface area (Å²) in [6.07, 6.45) is 3.74. The molecule has 1 fully saturated rings. The summed E-state index contributed by atoms with van der Waals surface area (Å²) in [6, 6.07) is 5.95. The summed E-state index contributed by atoms with van der Waals surface area (Å²) in [6.45, 7) is 4.22. The number of hydrogen-bond donors (Lipinski definition) is 0. The number of nitrogens with zero attached hydrogens (tertiary/aromatic N) is 1. The first-order chi connectivity index (χ1) is 7.72. The van der Waals surface area contributed by atoms with Gasteiger partial charge in [0.15, 0.2) is 0 Å². The van der Waals surface area contributed by atoms with Gasteiger partial charge in [0.05, 0.1) is 4.47 Å². The zero-order valence-electron chi connectivity index (χ0n) is 9.55. The van der Waals surface area contributed by atoms with Gasteiger partial charge in [-0.1, -0.05) is 19.1 Å². The van der Waals surface area contributed by atoms with Gasteiger partial charge in [0.2, 0.25) is 0 Å². The van der Waals surface area contributed by atoms with E-state index in [0.717, 1.165) is 18.7 Å². The molecule has 0 saturated carbocycles. The van der Waals surface area contributed by atoms with Gasteiger partial charge in [0.25, 0.3) is 0 Å². The monoisotopic (exact) mass is 285 g/mol. The third-order valence-corrected chi connectivity index (χ3v) is 4.26. The van der Waals surface area contributed by atoms with E-state index in [9.17, 15) is 4.39 Å². The van der Waals surface area contributed by atoms with Gasteiger partial charge in [-0.15, -0.1) is 0 Å². The minimum Gasteiger partial charge on any atom is -0.296 e. The van der Waals surface area contributed by atoms with Crippen molar-refractivity contribution in [3.8, 4) is 0 Å². The standard InChI is InChI=1S/C13H17BrFN/c1-2-11-6-4-8-16(11)9-10-5-3-7-12(15)13(10)14/h3,5,7,11H,2,4,6,8-9H2,1H3. The molecule has 1 unspecified atom stereocenters. The van der Waals surface area contributed by atoms with E-state index in [2.05, 4.69) is 27.8 Å². The number of rotatable bonds is 3. The van der Waals surface area contributed by atoms with Gasteiger partial charge in [0.1, 0.15) is 5.82 Å². The van der Waals surface area contributed by atoms with Crippen LogP contribution in [0.2, 0.25) is 0 Å². The Labute approximate surface area is 105 Å². The Morgan fingerprint density at radius 1 is 1.50 bits per heavy atom. The fourth-order valence-corrected chi connectivity index (χ4v) is 2.84. The molecular formula is C13H17BrFN. The second-order valence-electron chi connectivity index (χ2n) is 4.39. The first-order valence-electron chi connectivity index (χ1n) is 5.89. The molecule has 0 bridgehead atoms. The van der Waals surface area contributed by atoms with E-state index >= 15 is 0 Å². The lowest BCUT2D eigenvalue weighted by Gasteiger charge is -2.23. The second-order valence-corrected chi connectivity index (χ2v) is 5.18. The molecule has 1 heterocycles. The largest absolute Gasteiger partial charge is 0.296 e. The Bertz CT molecular complexity index is 367. The normalized spacial score (nSPS) is 21.6. The van der Waals surface area contributed by atoms with Crippen LogP contribution in [0.3, 0.4) is 0 Å². The Hall–Kier alpha value is -0.410. The number of benzene rings is 1. The topological polar surface area (TPSA) is 3.24 Å². The molecule has 3 heteroatoms. The summed E-state index contributed by atoms with van der Waals surface area (Å²) in [7, 11) is 0. The number of likely N-dealkylation sites (tertiary alicyclic amines) is 1. The average Bonchev–Trinajstić information content (AvgIpc) is 2.72. The summed E-state index contributed by atoms with van der Waals surface area (Å²) < 4.78 is 14.0. The highest BCUT2D eigenvalue weighted by molar-refractivity contribution is 9.10. The van der Waals surface area contributed by atoms with Gasteiger partial charge in [-0.3, -0.25) is 4.90 Å². The SMILES string of the molecule is CCC1CCCN1Cc1cccc(F)c1Br. The van der Waals surface area contributed by atoms with Gasteiger partial charge in [0, 0.05) is 12.6 Å². The molecule has 0 radical (unpaired) electrons. The van der Waals surface area contributed by atoms with Crippen molar-refractivity contribution < 1.29 is 4.39 Å². The van der Waals surface area contributed by atoms with Crippen molar-refractivity contribution in [3.05, 3.63) is 34.1 Å². The van der Waals surface area contributed by atoms with Crippen molar-refractivity contribution in [2.75, 3.05) is 6.54 Å². The molecule has 2 rings (SSSR count). The summed E-state index contributed by atoms with van der Waals surface area (Å²) in [5.41, 5.74) is 1.06. The van der Waals surface area contributed by atoms with Crippen LogP contribution in [0.25, 0.3) is 0 Å². The van der Waals surface area contributed by atoms with Crippen LogP contribution in [0.5, 0.6) is 0 Å².